The Labute approximate surface area is 173 Å². The van der Waals surface area contributed by atoms with Crippen LogP contribution < -0.4 is 10.6 Å². The molecule has 2 amide bonds. The molecule has 0 fully saturated rings. The summed E-state index contributed by atoms with van der Waals surface area (Å²) < 4.78 is 29.2. The lowest BCUT2D eigenvalue weighted by atomic mass is 10.2. The van der Waals surface area contributed by atoms with Crippen LogP contribution in [0.15, 0.2) is 67.3 Å². The van der Waals surface area contributed by atoms with Gasteiger partial charge in [-0.15, -0.1) is 11.3 Å². The Morgan fingerprint density at radius 3 is 2.30 bits per heavy atom. The highest BCUT2D eigenvalue weighted by Gasteiger charge is 2.16. The monoisotopic (exact) mass is 425 g/mol. The van der Waals surface area contributed by atoms with Gasteiger partial charge in [-0.1, -0.05) is 12.1 Å². The van der Waals surface area contributed by atoms with Crippen molar-refractivity contribution >= 4 is 34.5 Å². The Bertz CT molecular complexity index is 1220. The van der Waals surface area contributed by atoms with Crippen molar-refractivity contribution in [3.05, 3.63) is 88.6 Å². The van der Waals surface area contributed by atoms with E-state index in [0.29, 0.717) is 0 Å². The molecule has 10 heteroatoms. The smallest absolute Gasteiger partial charge is 0.265 e. The number of para-hydroxylation sites is 1. The van der Waals surface area contributed by atoms with E-state index < -0.39 is 23.4 Å². The van der Waals surface area contributed by atoms with Crippen LogP contribution in [0.3, 0.4) is 0 Å². The van der Waals surface area contributed by atoms with E-state index in [2.05, 4.69) is 20.7 Å². The van der Waals surface area contributed by atoms with Crippen molar-refractivity contribution in [1.82, 2.24) is 14.8 Å². The van der Waals surface area contributed by atoms with Gasteiger partial charge >= 0.3 is 0 Å². The summed E-state index contributed by atoms with van der Waals surface area (Å²) in [5, 5.41) is 8.89. The minimum absolute atomic E-state index is 0.0462. The van der Waals surface area contributed by atoms with E-state index in [1.54, 1.807) is 6.07 Å². The molecule has 0 aliphatic rings. The molecule has 0 bridgehead atoms. The van der Waals surface area contributed by atoms with Gasteiger partial charge in [0.2, 0.25) is 0 Å². The number of rotatable bonds is 5. The van der Waals surface area contributed by atoms with Crippen molar-refractivity contribution in [1.29, 1.82) is 0 Å². The van der Waals surface area contributed by atoms with E-state index in [4.69, 9.17) is 0 Å². The molecule has 0 atom stereocenters. The van der Waals surface area contributed by atoms with Crippen LogP contribution in [0.4, 0.5) is 20.2 Å². The third-order valence-electron chi connectivity index (χ3n) is 4.05. The maximum absolute atomic E-state index is 14.3. The van der Waals surface area contributed by atoms with Gasteiger partial charge in [-0.2, -0.15) is 5.10 Å². The number of hydrogen-bond donors (Lipinski definition) is 2. The molecule has 0 aliphatic carbocycles. The molecule has 150 valence electrons. The maximum atomic E-state index is 14.3. The Balaban J connectivity index is 1.45. The highest BCUT2D eigenvalue weighted by molar-refractivity contribution is 7.16. The average molecular weight is 425 g/mol. The molecule has 2 aromatic carbocycles. The first-order chi connectivity index (χ1) is 14.5. The van der Waals surface area contributed by atoms with Crippen LogP contribution in [-0.2, 0) is 0 Å². The number of carbonyl (C=O) groups is 2. The standard InChI is InChI=1S/C20H13F2N5O2S/c21-13-3-1-2-4-15(13)26-20(29)18-8-7-17(30-18)19(28)25-12-5-6-16(14(22)9-12)27-11-23-10-24-27/h1-11H,(H,25,28)(H,26,29). The molecular formula is C20H13F2N5O2S. The summed E-state index contributed by atoms with van der Waals surface area (Å²) in [6.45, 7) is 0. The van der Waals surface area contributed by atoms with E-state index in [1.807, 2.05) is 0 Å². The third-order valence-corrected chi connectivity index (χ3v) is 5.13. The van der Waals surface area contributed by atoms with Crippen molar-refractivity contribution in [2.24, 2.45) is 0 Å². The molecule has 7 nitrogen and oxygen atoms in total. The Morgan fingerprint density at radius 2 is 1.63 bits per heavy atom. The predicted molar refractivity (Wildman–Crippen MR) is 108 cm³/mol. The van der Waals surface area contributed by atoms with Gasteiger partial charge in [0.05, 0.1) is 15.4 Å². The van der Waals surface area contributed by atoms with E-state index in [1.165, 1.54) is 59.8 Å². The Hall–Kier alpha value is -3.92. The lowest BCUT2D eigenvalue weighted by molar-refractivity contribution is 0.102. The lowest BCUT2D eigenvalue weighted by Gasteiger charge is -2.07. The second-order valence-corrected chi connectivity index (χ2v) is 7.14. The van der Waals surface area contributed by atoms with Crippen LogP contribution in [0.2, 0.25) is 0 Å². The summed E-state index contributed by atoms with van der Waals surface area (Å²) in [7, 11) is 0. The maximum Gasteiger partial charge on any atom is 0.265 e. The zero-order valence-corrected chi connectivity index (χ0v) is 16.0. The second-order valence-electron chi connectivity index (χ2n) is 6.06. The van der Waals surface area contributed by atoms with Crippen LogP contribution in [-0.4, -0.2) is 26.6 Å². The van der Waals surface area contributed by atoms with Crippen molar-refractivity contribution in [3.63, 3.8) is 0 Å². The van der Waals surface area contributed by atoms with Crippen molar-refractivity contribution < 1.29 is 18.4 Å². The van der Waals surface area contributed by atoms with Gasteiger partial charge in [0.15, 0.2) is 5.82 Å². The third kappa shape index (κ3) is 4.08. The number of nitrogens with zero attached hydrogens (tertiary/aromatic N) is 3. The van der Waals surface area contributed by atoms with Gasteiger partial charge in [0, 0.05) is 5.69 Å². The number of thiophene rings is 1. The van der Waals surface area contributed by atoms with E-state index in [9.17, 15) is 18.4 Å². The van der Waals surface area contributed by atoms with E-state index >= 15 is 0 Å². The highest BCUT2D eigenvalue weighted by Crippen LogP contribution is 2.22. The van der Waals surface area contributed by atoms with E-state index in [-0.39, 0.29) is 26.8 Å². The van der Waals surface area contributed by atoms with Crippen molar-refractivity contribution in [2.75, 3.05) is 10.6 Å². The van der Waals surface area contributed by atoms with Crippen LogP contribution in [0.25, 0.3) is 5.69 Å². The first-order valence-electron chi connectivity index (χ1n) is 8.63. The molecule has 4 aromatic rings. The number of hydrogen-bond acceptors (Lipinski definition) is 5. The number of carbonyl (C=O) groups excluding carboxylic acids is 2. The normalized spacial score (nSPS) is 10.6. The highest BCUT2D eigenvalue weighted by atomic mass is 32.1. The zero-order chi connectivity index (χ0) is 21.1. The molecule has 30 heavy (non-hydrogen) atoms. The fraction of sp³-hybridized carbons (Fsp3) is 0. The van der Waals surface area contributed by atoms with Crippen molar-refractivity contribution in [2.45, 2.75) is 0 Å². The zero-order valence-electron chi connectivity index (χ0n) is 15.2. The first-order valence-corrected chi connectivity index (χ1v) is 9.44. The number of aromatic nitrogens is 3. The summed E-state index contributed by atoms with van der Waals surface area (Å²) in [4.78, 5) is 29.0. The molecule has 0 spiro atoms. The van der Waals surface area contributed by atoms with Gasteiger partial charge < -0.3 is 10.6 Å². The van der Waals surface area contributed by atoms with E-state index in [0.717, 1.165) is 17.4 Å². The van der Waals surface area contributed by atoms with Crippen LogP contribution in [0, 0.1) is 11.6 Å². The van der Waals surface area contributed by atoms with Crippen LogP contribution in [0.1, 0.15) is 19.3 Å². The van der Waals surface area contributed by atoms with Gasteiger partial charge in [0.1, 0.15) is 24.2 Å². The Morgan fingerprint density at radius 1 is 0.900 bits per heavy atom. The Kier molecular flexibility index (Phi) is 5.31. The molecular weight excluding hydrogens is 412 g/mol. The van der Waals surface area contributed by atoms with Gasteiger partial charge in [-0.05, 0) is 42.5 Å². The number of amides is 2. The average Bonchev–Trinajstić information content (AvgIpc) is 3.42. The van der Waals surface area contributed by atoms with Gasteiger partial charge in [0.25, 0.3) is 11.8 Å². The molecule has 0 unspecified atom stereocenters. The number of benzene rings is 2. The molecule has 4 rings (SSSR count). The SMILES string of the molecule is O=C(Nc1ccc(-n2cncn2)c(F)c1)c1ccc(C(=O)Nc2ccccc2F)s1. The van der Waals surface area contributed by atoms with Crippen molar-refractivity contribution in [3.8, 4) is 5.69 Å². The van der Waals surface area contributed by atoms with Gasteiger partial charge in [-0.3, -0.25) is 9.59 Å². The molecule has 2 aromatic heterocycles. The largest absolute Gasteiger partial charge is 0.321 e. The summed E-state index contributed by atoms with van der Waals surface area (Å²) in [5.74, 6) is -2.18. The lowest BCUT2D eigenvalue weighted by Crippen LogP contribution is -2.12. The quantitative estimate of drug-likeness (QED) is 0.504. The molecule has 2 heterocycles. The topological polar surface area (TPSA) is 88.9 Å². The first kappa shape index (κ1) is 19.4. The predicted octanol–water partition coefficient (Wildman–Crippen LogP) is 4.11. The number of anilines is 2. The molecule has 0 radical (unpaired) electrons. The molecule has 0 saturated carbocycles. The fourth-order valence-corrected chi connectivity index (χ4v) is 3.42. The molecule has 2 N–H and O–H groups in total. The number of nitrogens with one attached hydrogen (secondary N) is 2. The second kappa shape index (κ2) is 8.21. The van der Waals surface area contributed by atoms with Gasteiger partial charge in [-0.25, -0.2) is 18.4 Å². The number of halogens is 2. The minimum atomic E-state index is -0.588. The molecule has 0 aliphatic heterocycles. The minimum Gasteiger partial charge on any atom is -0.321 e. The molecule has 0 saturated heterocycles. The van der Waals surface area contributed by atoms with Crippen LogP contribution >= 0.6 is 11.3 Å². The fourth-order valence-electron chi connectivity index (χ4n) is 2.62. The van der Waals surface area contributed by atoms with Crippen LogP contribution in [0.5, 0.6) is 0 Å². The summed E-state index contributed by atoms with van der Waals surface area (Å²) in [6.07, 6.45) is 2.64. The summed E-state index contributed by atoms with van der Waals surface area (Å²) in [5.41, 5.74) is 0.477. The summed E-state index contributed by atoms with van der Waals surface area (Å²) in [6, 6.07) is 12.9. The summed E-state index contributed by atoms with van der Waals surface area (Å²) >= 11 is 0.936.